The van der Waals surface area contributed by atoms with E-state index < -0.39 is 79.6 Å². The first kappa shape index (κ1) is 40.2. The predicted molar refractivity (Wildman–Crippen MR) is 201 cm³/mol. The molecule has 55 heavy (non-hydrogen) atoms. The van der Waals surface area contributed by atoms with Gasteiger partial charge in [0, 0.05) is 30.0 Å². The van der Waals surface area contributed by atoms with Crippen LogP contribution in [0, 0.1) is 23.6 Å². The van der Waals surface area contributed by atoms with Gasteiger partial charge in [0.1, 0.15) is 40.9 Å². The summed E-state index contributed by atoms with van der Waals surface area (Å²) in [7, 11) is -2.61. The number of aromatic nitrogens is 1. The van der Waals surface area contributed by atoms with Gasteiger partial charge < -0.3 is 29.7 Å². The Hall–Kier alpha value is -4.47. The first-order valence-electron chi connectivity index (χ1n) is 18.9. The molecule has 1 aromatic heterocycles. The molecule has 3 fully saturated rings. The zero-order chi connectivity index (χ0) is 40.1. The molecule has 2 aliphatic heterocycles. The maximum atomic E-state index is 14.7. The quantitative estimate of drug-likeness (QED) is 0.338. The van der Waals surface area contributed by atoms with E-state index in [0.717, 1.165) is 6.42 Å². The maximum absolute atomic E-state index is 14.7. The van der Waals surface area contributed by atoms with Crippen molar-refractivity contribution in [3.63, 3.8) is 0 Å². The number of rotatable bonds is 7. The molecule has 0 radical (unpaired) electrons. The average molecular weight is 786 g/mol. The van der Waals surface area contributed by atoms with Crippen molar-refractivity contribution in [2.75, 3.05) is 13.7 Å². The normalized spacial score (nSPS) is 30.1. The number of carbonyl (C=O) groups excluding carboxylic acids is 4. The molecule has 3 N–H and O–H groups in total. The van der Waals surface area contributed by atoms with Crippen molar-refractivity contribution >= 4 is 44.6 Å². The molecule has 2 aromatic rings. The third-order valence-electron chi connectivity index (χ3n) is 11.2. The van der Waals surface area contributed by atoms with Crippen LogP contribution in [0.3, 0.4) is 0 Å². The molecule has 3 heterocycles. The number of allylic oxidation sites excluding steroid dienone is 1. The van der Waals surface area contributed by atoms with Crippen LogP contribution in [-0.2, 0) is 29.1 Å². The minimum Gasteiger partial charge on any atom is -0.496 e. The highest BCUT2D eigenvalue weighted by Gasteiger charge is 2.63. The number of carbonyl (C=O) groups is 4. The molecule has 0 spiro atoms. The Morgan fingerprint density at radius 3 is 2.51 bits per heavy atom. The van der Waals surface area contributed by atoms with Crippen molar-refractivity contribution in [3.8, 4) is 11.6 Å². The largest absolute Gasteiger partial charge is 0.496 e. The molecule has 6 rings (SSSR count). The molecule has 0 bridgehead atoms. The third-order valence-corrected chi connectivity index (χ3v) is 13.3. The van der Waals surface area contributed by atoms with Crippen LogP contribution < -0.4 is 24.8 Å². The van der Waals surface area contributed by atoms with E-state index in [-0.39, 0.29) is 42.9 Å². The van der Waals surface area contributed by atoms with Crippen molar-refractivity contribution in [3.05, 3.63) is 42.4 Å². The lowest BCUT2D eigenvalue weighted by Crippen LogP contribution is -2.59. The summed E-state index contributed by atoms with van der Waals surface area (Å²) >= 11 is 0. The number of halogens is 1. The molecular formula is C39H52FN5O9S. The molecule has 4 amide bonds. The lowest BCUT2D eigenvalue weighted by atomic mass is 9.88. The topological polar surface area (TPSA) is 182 Å². The molecule has 300 valence electrons. The summed E-state index contributed by atoms with van der Waals surface area (Å²) in [6, 6.07) is 1.85. The molecule has 14 nitrogen and oxygen atoms in total. The molecule has 7 atom stereocenters. The Labute approximate surface area is 321 Å². The van der Waals surface area contributed by atoms with Gasteiger partial charge in [-0.05, 0) is 90.2 Å². The number of fused-ring (bicyclic) bond motifs is 3. The number of pyridine rings is 1. The SMILES string of the molecule is COc1cc(F)cc2c(O[C@@H]3C[C@H]4C(=O)N[C@]5(C(=O)NS(=O)(=O)C6(C)CC6)C[C@H]5/C=C\CC[C@@H](C)C[C@@H](C)[C@H](NC(=O)OC(C)(C)C)C(=O)N4C3)nccc12. The highest BCUT2D eigenvalue weighted by molar-refractivity contribution is 7.91. The van der Waals surface area contributed by atoms with Crippen LogP contribution in [0.4, 0.5) is 9.18 Å². The minimum absolute atomic E-state index is 0.0550. The van der Waals surface area contributed by atoms with E-state index in [0.29, 0.717) is 36.5 Å². The van der Waals surface area contributed by atoms with Gasteiger partial charge in [-0.3, -0.25) is 19.1 Å². The van der Waals surface area contributed by atoms with E-state index in [1.54, 1.807) is 33.8 Å². The Kier molecular flexibility index (Phi) is 10.9. The molecule has 0 unspecified atom stereocenters. The van der Waals surface area contributed by atoms with Gasteiger partial charge in [0.25, 0.3) is 5.91 Å². The highest BCUT2D eigenvalue weighted by atomic mass is 32.2. The van der Waals surface area contributed by atoms with E-state index >= 15 is 0 Å². The number of amides is 4. The Morgan fingerprint density at radius 1 is 1.11 bits per heavy atom. The molecular weight excluding hydrogens is 734 g/mol. The fourth-order valence-corrected chi connectivity index (χ4v) is 8.96. The van der Waals surface area contributed by atoms with Gasteiger partial charge in [-0.15, -0.1) is 0 Å². The van der Waals surface area contributed by atoms with Crippen LogP contribution in [-0.4, -0.2) is 89.8 Å². The Bertz CT molecular complexity index is 2000. The molecule has 1 saturated heterocycles. The molecule has 2 saturated carbocycles. The number of benzene rings is 1. The fraction of sp³-hybridized carbons (Fsp3) is 0.615. The van der Waals surface area contributed by atoms with E-state index in [1.807, 2.05) is 19.1 Å². The number of ether oxygens (including phenoxy) is 3. The number of nitrogens with one attached hydrogen (secondary N) is 3. The second-order valence-electron chi connectivity index (χ2n) is 16.9. The number of hydrogen-bond donors (Lipinski definition) is 3. The van der Waals surface area contributed by atoms with Crippen molar-refractivity contribution in [1.82, 2.24) is 25.2 Å². The first-order valence-corrected chi connectivity index (χ1v) is 20.4. The highest BCUT2D eigenvalue weighted by Crippen LogP contribution is 2.47. The van der Waals surface area contributed by atoms with Gasteiger partial charge in [0.05, 0.1) is 23.8 Å². The Balaban J connectivity index is 1.36. The van der Waals surface area contributed by atoms with Crippen molar-refractivity contribution < 1.29 is 46.2 Å². The monoisotopic (exact) mass is 785 g/mol. The van der Waals surface area contributed by atoms with Crippen LogP contribution in [0.1, 0.15) is 86.5 Å². The van der Waals surface area contributed by atoms with Gasteiger partial charge in [0.2, 0.25) is 27.7 Å². The van der Waals surface area contributed by atoms with E-state index in [9.17, 15) is 32.0 Å². The summed E-state index contributed by atoms with van der Waals surface area (Å²) in [5.41, 5.74) is -2.42. The standard InChI is InChI=1S/C39H52FN5O9S/c1-22-10-8-9-11-24-20-39(24,35(48)44-55(50,51)38(6)13-14-38)43-32(46)29-19-26(53-33-28-17-25(40)18-30(52-7)27(28)12-15-41-33)21-45(29)34(47)31(23(2)16-22)42-36(49)54-37(3,4)5/h9,11-12,15,17-18,22-24,26,29,31H,8,10,13-14,16,19-21H2,1-7H3,(H,42,49)(H,43,46)(H,44,48)/b11-9-/t22-,23-,24-,26-,29+,31+,39-/m1/s1. The fourth-order valence-electron chi connectivity index (χ4n) is 7.64. The average Bonchev–Trinajstić information content (AvgIpc) is 3.97. The maximum Gasteiger partial charge on any atom is 0.408 e. The van der Waals surface area contributed by atoms with Crippen LogP contribution in [0.5, 0.6) is 11.6 Å². The lowest BCUT2D eigenvalue weighted by Gasteiger charge is -2.33. The minimum atomic E-state index is -4.03. The zero-order valence-electron chi connectivity index (χ0n) is 32.4. The second kappa shape index (κ2) is 14.9. The van der Waals surface area contributed by atoms with Gasteiger partial charge >= 0.3 is 6.09 Å². The molecule has 4 aliphatic rings. The summed E-state index contributed by atoms with van der Waals surface area (Å²) in [6.07, 6.45) is 6.52. The van der Waals surface area contributed by atoms with Crippen LogP contribution in [0.25, 0.3) is 10.8 Å². The van der Waals surface area contributed by atoms with Crippen molar-refractivity contribution in [1.29, 1.82) is 0 Å². The van der Waals surface area contributed by atoms with E-state index in [4.69, 9.17) is 14.2 Å². The lowest BCUT2D eigenvalue weighted by molar-refractivity contribution is -0.142. The van der Waals surface area contributed by atoms with Crippen LogP contribution >= 0.6 is 0 Å². The summed E-state index contributed by atoms with van der Waals surface area (Å²) in [5.74, 6) is -3.08. The summed E-state index contributed by atoms with van der Waals surface area (Å²) in [5, 5.41) is 6.49. The van der Waals surface area contributed by atoms with Gasteiger partial charge in [0.15, 0.2) is 0 Å². The first-order chi connectivity index (χ1) is 25.8. The number of alkyl carbamates (subject to hydrolysis) is 1. The number of nitrogens with zero attached hydrogens (tertiary/aromatic N) is 2. The molecule has 2 aliphatic carbocycles. The van der Waals surface area contributed by atoms with Crippen molar-refractivity contribution in [2.45, 2.75) is 121 Å². The summed E-state index contributed by atoms with van der Waals surface area (Å²) in [4.78, 5) is 62.0. The van der Waals surface area contributed by atoms with Gasteiger partial charge in [-0.2, -0.15) is 0 Å². The van der Waals surface area contributed by atoms with Gasteiger partial charge in [-0.1, -0.05) is 26.0 Å². The third kappa shape index (κ3) is 8.53. The van der Waals surface area contributed by atoms with E-state index in [2.05, 4.69) is 27.3 Å². The van der Waals surface area contributed by atoms with Gasteiger partial charge in [-0.25, -0.2) is 22.6 Å². The second-order valence-corrected chi connectivity index (χ2v) is 19.1. The number of hydrogen-bond acceptors (Lipinski definition) is 10. The zero-order valence-corrected chi connectivity index (χ0v) is 33.3. The van der Waals surface area contributed by atoms with Crippen LogP contribution in [0.2, 0.25) is 0 Å². The number of sulfonamides is 1. The predicted octanol–water partition coefficient (Wildman–Crippen LogP) is 4.51. The molecule has 1 aromatic carbocycles. The smallest absolute Gasteiger partial charge is 0.408 e. The Morgan fingerprint density at radius 2 is 1.84 bits per heavy atom. The van der Waals surface area contributed by atoms with E-state index in [1.165, 1.54) is 30.3 Å². The van der Waals surface area contributed by atoms with Crippen molar-refractivity contribution in [2.24, 2.45) is 17.8 Å². The number of methoxy groups -OCH3 is 1. The summed E-state index contributed by atoms with van der Waals surface area (Å²) < 4.78 is 59.5. The summed E-state index contributed by atoms with van der Waals surface area (Å²) in [6.45, 7) is 10.5. The molecule has 16 heteroatoms. The van der Waals surface area contributed by atoms with Crippen LogP contribution in [0.15, 0.2) is 36.5 Å².